The summed E-state index contributed by atoms with van der Waals surface area (Å²) in [5.41, 5.74) is 0. The van der Waals surface area contributed by atoms with Crippen LogP contribution in [-0.2, 0) is 4.74 Å². The molecule has 0 spiro atoms. The van der Waals surface area contributed by atoms with E-state index >= 15 is 0 Å². The molecular formula is C18H24NO2+. The second-order valence-electron chi connectivity index (χ2n) is 6.02. The SMILES string of the molecule is C[C@H]1C[NH+](CCOc2ccc3ccccc3c2)C[C@H](C)O1. The Hall–Kier alpha value is -1.58. The lowest BCUT2D eigenvalue weighted by atomic mass is 10.1. The van der Waals surface area contributed by atoms with Gasteiger partial charge >= 0.3 is 0 Å². The Morgan fingerprint density at radius 1 is 1.05 bits per heavy atom. The first-order chi connectivity index (χ1) is 10.2. The summed E-state index contributed by atoms with van der Waals surface area (Å²) in [6.45, 7) is 8.24. The highest BCUT2D eigenvalue weighted by Gasteiger charge is 2.25. The van der Waals surface area contributed by atoms with Gasteiger partial charge in [0.2, 0.25) is 0 Å². The molecule has 0 bridgehead atoms. The summed E-state index contributed by atoms with van der Waals surface area (Å²) in [6, 6.07) is 14.7. The smallest absolute Gasteiger partial charge is 0.137 e. The van der Waals surface area contributed by atoms with Crippen LogP contribution in [0.4, 0.5) is 0 Å². The second-order valence-corrected chi connectivity index (χ2v) is 6.02. The Morgan fingerprint density at radius 3 is 2.52 bits per heavy atom. The monoisotopic (exact) mass is 286 g/mol. The molecule has 2 atom stereocenters. The van der Waals surface area contributed by atoms with Gasteiger partial charge in [0.05, 0.1) is 0 Å². The predicted octanol–water partition coefficient (Wildman–Crippen LogP) is 1.91. The Labute approximate surface area is 126 Å². The van der Waals surface area contributed by atoms with Gasteiger partial charge in [-0.2, -0.15) is 0 Å². The maximum absolute atomic E-state index is 5.93. The molecule has 1 heterocycles. The van der Waals surface area contributed by atoms with E-state index in [0.29, 0.717) is 12.2 Å². The third-order valence-electron chi connectivity index (χ3n) is 4.06. The van der Waals surface area contributed by atoms with Crippen molar-refractivity contribution in [1.29, 1.82) is 0 Å². The van der Waals surface area contributed by atoms with Crippen molar-refractivity contribution in [1.82, 2.24) is 0 Å². The fourth-order valence-electron chi connectivity index (χ4n) is 3.16. The lowest BCUT2D eigenvalue weighted by molar-refractivity contribution is -0.915. The van der Waals surface area contributed by atoms with Crippen LogP contribution in [0.15, 0.2) is 42.5 Å². The van der Waals surface area contributed by atoms with E-state index in [9.17, 15) is 0 Å². The number of quaternary nitrogens is 1. The number of hydrogen-bond acceptors (Lipinski definition) is 2. The van der Waals surface area contributed by atoms with E-state index in [4.69, 9.17) is 9.47 Å². The Morgan fingerprint density at radius 2 is 1.76 bits per heavy atom. The summed E-state index contributed by atoms with van der Waals surface area (Å²) < 4.78 is 11.7. The van der Waals surface area contributed by atoms with Crippen molar-refractivity contribution in [3.05, 3.63) is 42.5 Å². The van der Waals surface area contributed by atoms with Crippen molar-refractivity contribution in [2.45, 2.75) is 26.1 Å². The van der Waals surface area contributed by atoms with Crippen LogP contribution in [0, 0.1) is 0 Å². The molecule has 21 heavy (non-hydrogen) atoms. The summed E-state index contributed by atoms with van der Waals surface area (Å²) in [7, 11) is 0. The average molecular weight is 286 g/mol. The van der Waals surface area contributed by atoms with E-state index in [2.05, 4.69) is 56.3 Å². The second kappa shape index (κ2) is 6.46. The van der Waals surface area contributed by atoms with Crippen LogP contribution in [-0.4, -0.2) is 38.4 Å². The molecule has 1 aliphatic heterocycles. The van der Waals surface area contributed by atoms with Gasteiger partial charge in [-0.3, -0.25) is 0 Å². The van der Waals surface area contributed by atoms with Gasteiger partial charge in [-0.25, -0.2) is 0 Å². The molecule has 2 aromatic carbocycles. The number of nitrogens with one attached hydrogen (secondary N) is 1. The van der Waals surface area contributed by atoms with Crippen LogP contribution < -0.4 is 9.64 Å². The Kier molecular flexibility index (Phi) is 4.42. The first-order valence-electron chi connectivity index (χ1n) is 7.81. The molecule has 0 aromatic heterocycles. The minimum Gasteiger partial charge on any atom is -0.488 e. The zero-order valence-electron chi connectivity index (χ0n) is 12.8. The van der Waals surface area contributed by atoms with E-state index in [1.54, 1.807) is 4.90 Å². The molecule has 0 unspecified atom stereocenters. The van der Waals surface area contributed by atoms with Gasteiger partial charge in [-0.1, -0.05) is 30.3 Å². The van der Waals surface area contributed by atoms with Crippen molar-refractivity contribution >= 4 is 10.8 Å². The summed E-state index contributed by atoms with van der Waals surface area (Å²) >= 11 is 0. The molecular weight excluding hydrogens is 262 g/mol. The van der Waals surface area contributed by atoms with E-state index in [-0.39, 0.29) is 0 Å². The van der Waals surface area contributed by atoms with Crippen molar-refractivity contribution < 1.29 is 14.4 Å². The van der Waals surface area contributed by atoms with Gasteiger partial charge in [0, 0.05) is 0 Å². The van der Waals surface area contributed by atoms with Crippen molar-refractivity contribution in [2.75, 3.05) is 26.2 Å². The van der Waals surface area contributed by atoms with Crippen LogP contribution in [0.1, 0.15) is 13.8 Å². The fourth-order valence-corrected chi connectivity index (χ4v) is 3.16. The maximum Gasteiger partial charge on any atom is 0.137 e. The van der Waals surface area contributed by atoms with E-state index < -0.39 is 0 Å². The highest BCUT2D eigenvalue weighted by atomic mass is 16.5. The van der Waals surface area contributed by atoms with Gasteiger partial charge in [0.1, 0.15) is 44.2 Å². The standard InChI is InChI=1S/C18H23NO2/c1-14-12-19(13-15(2)21-14)9-10-20-18-8-7-16-5-3-4-6-17(16)11-18/h3-8,11,14-15H,9-10,12-13H2,1-2H3/p+1/t14-,15-/m0/s1. The number of hydrogen-bond donors (Lipinski definition) is 1. The van der Waals surface area contributed by atoms with Gasteiger partial charge in [-0.05, 0) is 36.8 Å². The summed E-state index contributed by atoms with van der Waals surface area (Å²) in [4.78, 5) is 1.57. The molecule has 3 nitrogen and oxygen atoms in total. The topological polar surface area (TPSA) is 22.9 Å². The molecule has 3 heteroatoms. The van der Waals surface area contributed by atoms with Crippen molar-refractivity contribution in [3.8, 4) is 5.75 Å². The Balaban J connectivity index is 1.54. The quantitative estimate of drug-likeness (QED) is 0.928. The molecule has 0 aliphatic carbocycles. The minimum absolute atomic E-state index is 0.351. The number of rotatable bonds is 4. The van der Waals surface area contributed by atoms with Crippen LogP contribution in [0.25, 0.3) is 10.8 Å². The molecule has 2 aromatic rings. The highest BCUT2D eigenvalue weighted by Crippen LogP contribution is 2.20. The highest BCUT2D eigenvalue weighted by molar-refractivity contribution is 5.83. The molecule has 0 saturated carbocycles. The van der Waals surface area contributed by atoms with Crippen molar-refractivity contribution in [3.63, 3.8) is 0 Å². The largest absolute Gasteiger partial charge is 0.488 e. The zero-order chi connectivity index (χ0) is 14.7. The number of ether oxygens (including phenoxy) is 2. The number of morpholine rings is 1. The van der Waals surface area contributed by atoms with Gasteiger partial charge in [-0.15, -0.1) is 0 Å². The minimum atomic E-state index is 0.351. The van der Waals surface area contributed by atoms with Crippen LogP contribution in [0.5, 0.6) is 5.75 Å². The average Bonchev–Trinajstić information content (AvgIpc) is 2.46. The molecule has 1 N–H and O–H groups in total. The molecule has 0 radical (unpaired) electrons. The van der Waals surface area contributed by atoms with Crippen molar-refractivity contribution in [2.24, 2.45) is 0 Å². The molecule has 3 rings (SSSR count). The van der Waals surface area contributed by atoms with Crippen LogP contribution in [0.2, 0.25) is 0 Å². The molecule has 1 saturated heterocycles. The number of fused-ring (bicyclic) bond motifs is 1. The summed E-state index contributed by atoms with van der Waals surface area (Å²) in [6.07, 6.45) is 0.703. The zero-order valence-corrected chi connectivity index (χ0v) is 12.8. The third kappa shape index (κ3) is 3.74. The normalized spacial score (nSPS) is 25.9. The van der Waals surface area contributed by atoms with E-state index in [1.165, 1.54) is 10.8 Å². The third-order valence-corrected chi connectivity index (χ3v) is 4.06. The lowest BCUT2D eigenvalue weighted by Crippen LogP contribution is -3.16. The van der Waals surface area contributed by atoms with Gasteiger partial charge in [0.25, 0.3) is 0 Å². The van der Waals surface area contributed by atoms with E-state index in [1.807, 2.05) is 0 Å². The predicted molar refractivity (Wildman–Crippen MR) is 85.0 cm³/mol. The first kappa shape index (κ1) is 14.4. The molecule has 0 amide bonds. The fraction of sp³-hybridized carbons (Fsp3) is 0.444. The number of benzene rings is 2. The molecule has 112 valence electrons. The van der Waals surface area contributed by atoms with Crippen LogP contribution in [0.3, 0.4) is 0 Å². The van der Waals surface area contributed by atoms with Crippen LogP contribution >= 0.6 is 0 Å². The van der Waals surface area contributed by atoms with Gasteiger partial charge in [0.15, 0.2) is 0 Å². The van der Waals surface area contributed by atoms with Gasteiger partial charge < -0.3 is 14.4 Å². The first-order valence-corrected chi connectivity index (χ1v) is 7.81. The van der Waals surface area contributed by atoms with E-state index in [0.717, 1.165) is 32.0 Å². The molecule has 1 aliphatic rings. The molecule has 1 fully saturated rings. The maximum atomic E-state index is 5.93. The Bertz CT molecular complexity index is 589. The lowest BCUT2D eigenvalue weighted by Gasteiger charge is -2.32. The summed E-state index contributed by atoms with van der Waals surface area (Å²) in [5, 5.41) is 2.49. The summed E-state index contributed by atoms with van der Waals surface area (Å²) in [5.74, 6) is 0.961.